The molecule has 7 nitrogen and oxygen atoms in total. The molecule has 0 N–H and O–H groups in total. The van der Waals surface area contributed by atoms with Crippen LogP contribution < -0.4 is 9.64 Å². The molecule has 1 aliphatic rings. The van der Waals surface area contributed by atoms with Gasteiger partial charge >= 0.3 is 0 Å². The molecular formula is C17H16N4O3S. The van der Waals surface area contributed by atoms with Gasteiger partial charge < -0.3 is 14.5 Å². The minimum atomic E-state index is -0.219. The van der Waals surface area contributed by atoms with Gasteiger partial charge in [-0.05, 0) is 12.1 Å². The molecule has 1 saturated heterocycles. The first-order chi connectivity index (χ1) is 12.2. The normalized spacial score (nSPS) is 15.0. The average molecular weight is 356 g/mol. The fraction of sp³-hybridized carbons (Fsp3) is 0.235. The summed E-state index contributed by atoms with van der Waals surface area (Å²) in [6.45, 7) is 0.906. The fourth-order valence-corrected chi connectivity index (χ4v) is 3.65. The number of methoxy groups -OCH3 is 1. The Bertz CT molecular complexity index is 920. The minimum Gasteiger partial charge on any atom is -0.495 e. The molecule has 0 bridgehead atoms. The lowest BCUT2D eigenvalue weighted by Crippen LogP contribution is -2.52. The van der Waals surface area contributed by atoms with E-state index in [0.29, 0.717) is 24.5 Å². The van der Waals surface area contributed by atoms with E-state index in [1.807, 2.05) is 40.2 Å². The number of piperazine rings is 1. The van der Waals surface area contributed by atoms with Gasteiger partial charge in [-0.1, -0.05) is 12.1 Å². The smallest absolute Gasteiger partial charge is 0.274 e. The van der Waals surface area contributed by atoms with Crippen LogP contribution >= 0.6 is 11.3 Å². The van der Waals surface area contributed by atoms with Gasteiger partial charge in [-0.3, -0.25) is 14.0 Å². The maximum atomic E-state index is 12.6. The molecule has 25 heavy (non-hydrogen) atoms. The Morgan fingerprint density at radius 2 is 2.12 bits per heavy atom. The third-order valence-electron chi connectivity index (χ3n) is 4.20. The molecule has 1 aromatic carbocycles. The van der Waals surface area contributed by atoms with Crippen LogP contribution in [-0.2, 0) is 4.79 Å². The van der Waals surface area contributed by atoms with E-state index in [2.05, 4.69) is 4.98 Å². The van der Waals surface area contributed by atoms with Crippen molar-refractivity contribution in [1.82, 2.24) is 14.3 Å². The van der Waals surface area contributed by atoms with Crippen LogP contribution in [0.2, 0.25) is 0 Å². The van der Waals surface area contributed by atoms with E-state index in [0.717, 1.165) is 10.6 Å². The number of fused-ring (bicyclic) bond motifs is 1. The Hall–Kier alpha value is -2.87. The standard InChI is InChI=1S/C17H16N4O3S/c1-24-14-5-3-2-4-13(14)21-7-6-19(11-15(21)22)16(23)12-10-20-8-9-25-17(20)18-12/h2-5,8-10H,6-7,11H2,1H3. The molecule has 2 aromatic heterocycles. The van der Waals surface area contributed by atoms with Crippen molar-refractivity contribution in [3.63, 3.8) is 0 Å². The largest absolute Gasteiger partial charge is 0.495 e. The maximum absolute atomic E-state index is 12.6. The Labute approximate surface area is 148 Å². The summed E-state index contributed by atoms with van der Waals surface area (Å²) >= 11 is 1.47. The van der Waals surface area contributed by atoms with Crippen LogP contribution in [0.5, 0.6) is 5.75 Å². The van der Waals surface area contributed by atoms with Crippen molar-refractivity contribution in [2.24, 2.45) is 0 Å². The third-order valence-corrected chi connectivity index (χ3v) is 4.97. The summed E-state index contributed by atoms with van der Waals surface area (Å²) < 4.78 is 7.14. The van der Waals surface area contributed by atoms with Crippen molar-refractivity contribution in [1.29, 1.82) is 0 Å². The number of aromatic nitrogens is 2. The van der Waals surface area contributed by atoms with Crippen LogP contribution in [0.15, 0.2) is 42.0 Å². The Balaban J connectivity index is 1.52. The van der Waals surface area contributed by atoms with E-state index < -0.39 is 0 Å². The lowest BCUT2D eigenvalue weighted by atomic mass is 10.2. The number of nitrogens with zero attached hydrogens (tertiary/aromatic N) is 4. The van der Waals surface area contributed by atoms with Gasteiger partial charge in [0.25, 0.3) is 5.91 Å². The predicted octanol–water partition coefficient (Wildman–Crippen LogP) is 1.89. The summed E-state index contributed by atoms with van der Waals surface area (Å²) in [5.41, 5.74) is 1.09. The number of carbonyl (C=O) groups excluding carboxylic acids is 2. The van der Waals surface area contributed by atoms with E-state index in [-0.39, 0.29) is 18.4 Å². The Morgan fingerprint density at radius 3 is 2.88 bits per heavy atom. The van der Waals surface area contributed by atoms with Crippen LogP contribution in [0.25, 0.3) is 4.96 Å². The summed E-state index contributed by atoms with van der Waals surface area (Å²) in [6.07, 6.45) is 3.56. The molecule has 3 aromatic rings. The van der Waals surface area contributed by atoms with Crippen LogP contribution in [0, 0.1) is 0 Å². The van der Waals surface area contributed by atoms with Crippen LogP contribution in [0.4, 0.5) is 5.69 Å². The molecular weight excluding hydrogens is 340 g/mol. The van der Waals surface area contributed by atoms with Crippen molar-refractivity contribution in [2.45, 2.75) is 0 Å². The van der Waals surface area contributed by atoms with Crippen LogP contribution in [-0.4, -0.2) is 52.8 Å². The summed E-state index contributed by atoms with van der Waals surface area (Å²) in [5.74, 6) is 0.291. The van der Waals surface area contributed by atoms with Gasteiger partial charge in [0.15, 0.2) is 4.96 Å². The Kier molecular flexibility index (Phi) is 3.89. The molecule has 0 radical (unpaired) electrons. The zero-order valence-corrected chi connectivity index (χ0v) is 14.4. The van der Waals surface area contributed by atoms with E-state index in [9.17, 15) is 9.59 Å². The minimum absolute atomic E-state index is 0.0298. The molecule has 8 heteroatoms. The second kappa shape index (κ2) is 6.21. The lowest BCUT2D eigenvalue weighted by Gasteiger charge is -2.34. The number of hydrogen-bond donors (Lipinski definition) is 0. The van der Waals surface area contributed by atoms with Gasteiger partial charge in [-0.2, -0.15) is 0 Å². The zero-order chi connectivity index (χ0) is 17.4. The SMILES string of the molecule is COc1ccccc1N1CCN(C(=O)c2cn3ccsc3n2)CC1=O. The molecule has 4 rings (SSSR count). The number of anilines is 1. The molecule has 3 heterocycles. The summed E-state index contributed by atoms with van der Waals surface area (Å²) in [6, 6.07) is 7.38. The number of para-hydroxylation sites is 2. The summed E-state index contributed by atoms with van der Waals surface area (Å²) in [7, 11) is 1.58. The molecule has 0 saturated carbocycles. The number of hydrogen-bond acceptors (Lipinski definition) is 5. The number of amides is 2. The van der Waals surface area contributed by atoms with E-state index >= 15 is 0 Å². The second-order valence-electron chi connectivity index (χ2n) is 5.66. The Morgan fingerprint density at radius 1 is 1.28 bits per heavy atom. The second-order valence-corrected chi connectivity index (χ2v) is 6.54. The zero-order valence-electron chi connectivity index (χ0n) is 13.6. The molecule has 1 aliphatic heterocycles. The monoisotopic (exact) mass is 356 g/mol. The third kappa shape index (κ3) is 2.74. The van der Waals surface area contributed by atoms with Gasteiger partial charge in [0, 0.05) is 30.9 Å². The molecule has 0 unspecified atom stereocenters. The number of imidazole rings is 1. The van der Waals surface area contributed by atoms with Crippen molar-refractivity contribution in [2.75, 3.05) is 31.6 Å². The summed E-state index contributed by atoms with van der Waals surface area (Å²) in [4.78, 5) is 33.5. The molecule has 0 atom stereocenters. The molecule has 0 aliphatic carbocycles. The van der Waals surface area contributed by atoms with Gasteiger partial charge in [0.05, 0.1) is 12.8 Å². The van der Waals surface area contributed by atoms with E-state index in [1.54, 1.807) is 23.1 Å². The van der Waals surface area contributed by atoms with Crippen molar-refractivity contribution >= 4 is 33.8 Å². The van der Waals surface area contributed by atoms with Crippen LogP contribution in [0.3, 0.4) is 0 Å². The van der Waals surface area contributed by atoms with Gasteiger partial charge in [0.1, 0.15) is 18.0 Å². The van der Waals surface area contributed by atoms with Gasteiger partial charge in [0.2, 0.25) is 5.91 Å². The first-order valence-corrected chi connectivity index (χ1v) is 8.70. The van der Waals surface area contributed by atoms with E-state index in [1.165, 1.54) is 11.3 Å². The molecule has 128 valence electrons. The molecule has 1 fully saturated rings. The van der Waals surface area contributed by atoms with Crippen molar-refractivity contribution < 1.29 is 14.3 Å². The quantitative estimate of drug-likeness (QED) is 0.719. The fourth-order valence-electron chi connectivity index (χ4n) is 2.95. The molecule has 0 spiro atoms. The number of ether oxygens (including phenoxy) is 1. The first kappa shape index (κ1) is 15.6. The average Bonchev–Trinajstić information content (AvgIpc) is 3.23. The lowest BCUT2D eigenvalue weighted by molar-refractivity contribution is -0.120. The number of rotatable bonds is 3. The molecule has 2 amide bonds. The van der Waals surface area contributed by atoms with Crippen LogP contribution in [0.1, 0.15) is 10.5 Å². The highest BCUT2D eigenvalue weighted by atomic mass is 32.1. The van der Waals surface area contributed by atoms with E-state index in [4.69, 9.17) is 4.74 Å². The van der Waals surface area contributed by atoms with Crippen molar-refractivity contribution in [3.05, 3.63) is 47.7 Å². The van der Waals surface area contributed by atoms with Gasteiger partial charge in [-0.25, -0.2) is 4.98 Å². The highest BCUT2D eigenvalue weighted by Gasteiger charge is 2.30. The number of benzene rings is 1. The highest BCUT2D eigenvalue weighted by Crippen LogP contribution is 2.29. The van der Waals surface area contributed by atoms with Crippen molar-refractivity contribution in [3.8, 4) is 5.75 Å². The topological polar surface area (TPSA) is 67.2 Å². The highest BCUT2D eigenvalue weighted by molar-refractivity contribution is 7.15. The number of thiazole rings is 1. The first-order valence-electron chi connectivity index (χ1n) is 7.82. The number of carbonyl (C=O) groups is 2. The van der Waals surface area contributed by atoms with Gasteiger partial charge in [-0.15, -0.1) is 11.3 Å². The summed E-state index contributed by atoms with van der Waals surface area (Å²) in [5, 5.41) is 1.91. The predicted molar refractivity (Wildman–Crippen MR) is 94.3 cm³/mol. The maximum Gasteiger partial charge on any atom is 0.274 e.